The molecule has 6 heteroatoms. The molecule has 2 aromatic rings. The lowest BCUT2D eigenvalue weighted by Gasteiger charge is -2.23. The number of Topliss-reactive ketones (excluding diaryl/α,β-unsaturated/α-hetero) is 1. The first kappa shape index (κ1) is 20.7. The molecule has 1 aliphatic rings. The highest BCUT2D eigenvalue weighted by Crippen LogP contribution is 2.40. The molecule has 0 bridgehead atoms. The number of aryl methyl sites for hydroxylation is 1. The highest BCUT2D eigenvalue weighted by molar-refractivity contribution is 6.46. The molecule has 29 heavy (non-hydrogen) atoms. The zero-order chi connectivity index (χ0) is 21.0. The van der Waals surface area contributed by atoms with Gasteiger partial charge in [0.15, 0.2) is 0 Å². The van der Waals surface area contributed by atoms with E-state index in [1.165, 1.54) is 11.2 Å². The van der Waals surface area contributed by atoms with Crippen molar-refractivity contribution in [1.29, 1.82) is 0 Å². The molecule has 1 aliphatic heterocycles. The average Bonchev–Trinajstić information content (AvgIpc) is 3.32. The van der Waals surface area contributed by atoms with Gasteiger partial charge >= 0.3 is 0 Å². The second-order valence-corrected chi connectivity index (χ2v) is 7.19. The van der Waals surface area contributed by atoms with Gasteiger partial charge in [0, 0.05) is 12.1 Å². The number of benzene rings is 1. The summed E-state index contributed by atoms with van der Waals surface area (Å²) in [5.41, 5.74) is 1.37. The number of ether oxygens (including phenoxy) is 1. The van der Waals surface area contributed by atoms with Gasteiger partial charge in [-0.15, -0.1) is 0 Å². The SMILES string of the molecule is CCCCN1C(=O)C(=O)/C(=C(\O)c2ccc(OCCC)c(C)c2)C1c1ccco1. The Bertz CT molecular complexity index is 913. The molecule has 1 N–H and O–H groups in total. The van der Waals surface area contributed by atoms with Crippen molar-refractivity contribution in [3.05, 3.63) is 59.1 Å². The van der Waals surface area contributed by atoms with E-state index >= 15 is 0 Å². The summed E-state index contributed by atoms with van der Waals surface area (Å²) < 4.78 is 11.2. The van der Waals surface area contributed by atoms with Gasteiger partial charge in [-0.05, 0) is 55.7 Å². The number of hydrogen-bond donors (Lipinski definition) is 1. The van der Waals surface area contributed by atoms with Crippen LogP contribution >= 0.6 is 0 Å². The maximum atomic E-state index is 12.8. The number of aliphatic hydroxyl groups is 1. The number of carbonyl (C=O) groups excluding carboxylic acids is 2. The Balaban J connectivity index is 2.05. The quantitative estimate of drug-likeness (QED) is 0.400. The van der Waals surface area contributed by atoms with Crippen molar-refractivity contribution in [3.63, 3.8) is 0 Å². The number of unbranched alkanes of at least 4 members (excludes halogenated alkanes) is 1. The van der Waals surface area contributed by atoms with E-state index in [1.54, 1.807) is 30.3 Å². The molecule has 0 spiro atoms. The Morgan fingerprint density at radius 3 is 2.62 bits per heavy atom. The van der Waals surface area contributed by atoms with E-state index in [0.29, 0.717) is 24.5 Å². The average molecular weight is 397 g/mol. The summed E-state index contributed by atoms with van der Waals surface area (Å²) in [6.45, 7) is 6.95. The Morgan fingerprint density at radius 1 is 1.21 bits per heavy atom. The molecular weight excluding hydrogens is 370 g/mol. The lowest BCUT2D eigenvalue weighted by Crippen LogP contribution is -2.30. The van der Waals surface area contributed by atoms with Gasteiger partial charge in [0.25, 0.3) is 11.7 Å². The van der Waals surface area contributed by atoms with Crippen LogP contribution in [0.4, 0.5) is 0 Å². The summed E-state index contributed by atoms with van der Waals surface area (Å²) in [6.07, 6.45) is 4.03. The van der Waals surface area contributed by atoms with Crippen LogP contribution in [0.1, 0.15) is 56.0 Å². The van der Waals surface area contributed by atoms with E-state index in [9.17, 15) is 14.7 Å². The van der Waals surface area contributed by atoms with E-state index in [2.05, 4.69) is 0 Å². The van der Waals surface area contributed by atoms with Gasteiger partial charge in [-0.25, -0.2) is 0 Å². The van der Waals surface area contributed by atoms with Crippen LogP contribution in [0.15, 0.2) is 46.6 Å². The number of nitrogens with zero attached hydrogens (tertiary/aromatic N) is 1. The van der Waals surface area contributed by atoms with Crippen molar-refractivity contribution < 1.29 is 23.8 Å². The summed E-state index contributed by atoms with van der Waals surface area (Å²) in [4.78, 5) is 27.0. The molecule has 1 unspecified atom stereocenters. The molecule has 2 heterocycles. The first-order valence-electron chi connectivity index (χ1n) is 10.0. The van der Waals surface area contributed by atoms with Crippen molar-refractivity contribution in [3.8, 4) is 5.75 Å². The molecule has 1 atom stereocenters. The Hall–Kier alpha value is -3.02. The van der Waals surface area contributed by atoms with Crippen LogP contribution in [0.5, 0.6) is 5.75 Å². The maximum absolute atomic E-state index is 12.8. The van der Waals surface area contributed by atoms with E-state index in [0.717, 1.165) is 30.6 Å². The van der Waals surface area contributed by atoms with Crippen molar-refractivity contribution in [2.24, 2.45) is 0 Å². The van der Waals surface area contributed by atoms with Gasteiger partial charge in [-0.2, -0.15) is 0 Å². The molecular formula is C23H27NO5. The van der Waals surface area contributed by atoms with Crippen LogP contribution in [0.3, 0.4) is 0 Å². The van der Waals surface area contributed by atoms with Crippen molar-refractivity contribution in [2.75, 3.05) is 13.2 Å². The fourth-order valence-corrected chi connectivity index (χ4v) is 3.51. The summed E-state index contributed by atoms with van der Waals surface area (Å²) >= 11 is 0. The molecule has 1 aromatic carbocycles. The second-order valence-electron chi connectivity index (χ2n) is 7.19. The van der Waals surface area contributed by atoms with Crippen molar-refractivity contribution in [1.82, 2.24) is 4.90 Å². The van der Waals surface area contributed by atoms with Gasteiger partial charge in [0.05, 0.1) is 18.4 Å². The minimum absolute atomic E-state index is 0.0580. The molecule has 1 saturated heterocycles. The number of likely N-dealkylation sites (tertiary alicyclic amines) is 1. The molecule has 154 valence electrons. The smallest absolute Gasteiger partial charge is 0.295 e. The van der Waals surface area contributed by atoms with Gasteiger partial charge in [-0.1, -0.05) is 20.3 Å². The Labute approximate surface area is 170 Å². The van der Waals surface area contributed by atoms with Crippen LogP contribution in [-0.2, 0) is 9.59 Å². The highest BCUT2D eigenvalue weighted by atomic mass is 16.5. The monoisotopic (exact) mass is 397 g/mol. The molecule has 1 aromatic heterocycles. The van der Waals surface area contributed by atoms with E-state index in [4.69, 9.17) is 9.15 Å². The second kappa shape index (κ2) is 8.99. The van der Waals surface area contributed by atoms with Crippen LogP contribution in [-0.4, -0.2) is 34.8 Å². The number of furan rings is 1. The van der Waals surface area contributed by atoms with Crippen LogP contribution in [0.2, 0.25) is 0 Å². The summed E-state index contributed by atoms with van der Waals surface area (Å²) in [6, 6.07) is 7.93. The summed E-state index contributed by atoms with van der Waals surface area (Å²) in [5, 5.41) is 11.0. The normalized spacial score (nSPS) is 18.4. The van der Waals surface area contributed by atoms with Gasteiger partial charge in [0.2, 0.25) is 0 Å². The summed E-state index contributed by atoms with van der Waals surface area (Å²) in [5.74, 6) is -0.310. The zero-order valence-corrected chi connectivity index (χ0v) is 17.1. The number of hydrogen-bond acceptors (Lipinski definition) is 5. The first-order chi connectivity index (χ1) is 14.0. The topological polar surface area (TPSA) is 80.0 Å². The Kier molecular flexibility index (Phi) is 6.42. The minimum atomic E-state index is -0.729. The standard InChI is InChI=1S/C23H27NO5/c1-4-6-11-24-20(18-8-7-13-29-18)19(22(26)23(24)27)21(25)16-9-10-17(15(3)14-16)28-12-5-2/h7-10,13-14,20,25H,4-6,11-12H2,1-3H3/b21-19-. The van der Waals surface area contributed by atoms with Gasteiger partial charge in [0.1, 0.15) is 23.3 Å². The number of carbonyl (C=O) groups is 2. The molecule has 0 radical (unpaired) electrons. The van der Waals surface area contributed by atoms with Gasteiger partial charge < -0.3 is 19.2 Å². The largest absolute Gasteiger partial charge is 0.507 e. The third-order valence-corrected chi connectivity index (χ3v) is 5.02. The molecule has 1 fully saturated rings. The highest BCUT2D eigenvalue weighted by Gasteiger charge is 2.47. The predicted octanol–water partition coefficient (Wildman–Crippen LogP) is 4.60. The first-order valence-corrected chi connectivity index (χ1v) is 10.0. The molecule has 3 rings (SSSR count). The van der Waals surface area contributed by atoms with E-state index in [-0.39, 0.29) is 11.3 Å². The van der Waals surface area contributed by atoms with Gasteiger partial charge in [-0.3, -0.25) is 9.59 Å². The number of amides is 1. The molecule has 1 amide bonds. The maximum Gasteiger partial charge on any atom is 0.295 e. The third kappa shape index (κ3) is 4.06. The van der Waals surface area contributed by atoms with Crippen molar-refractivity contribution in [2.45, 2.75) is 46.1 Å². The lowest BCUT2D eigenvalue weighted by molar-refractivity contribution is -0.140. The summed E-state index contributed by atoms with van der Waals surface area (Å²) in [7, 11) is 0. The third-order valence-electron chi connectivity index (χ3n) is 5.02. The predicted molar refractivity (Wildman–Crippen MR) is 110 cm³/mol. The molecule has 0 saturated carbocycles. The van der Waals surface area contributed by atoms with Crippen molar-refractivity contribution >= 4 is 17.4 Å². The zero-order valence-electron chi connectivity index (χ0n) is 17.1. The van der Waals surface area contributed by atoms with Crippen LogP contribution < -0.4 is 4.74 Å². The molecule has 0 aliphatic carbocycles. The van der Waals surface area contributed by atoms with E-state index < -0.39 is 17.7 Å². The van der Waals surface area contributed by atoms with Crippen LogP contribution in [0, 0.1) is 6.92 Å². The number of rotatable bonds is 8. The fraction of sp³-hybridized carbons (Fsp3) is 0.391. The Morgan fingerprint density at radius 2 is 2.00 bits per heavy atom. The van der Waals surface area contributed by atoms with Crippen LogP contribution in [0.25, 0.3) is 5.76 Å². The lowest BCUT2D eigenvalue weighted by atomic mass is 9.98. The molecule has 6 nitrogen and oxygen atoms in total. The fourth-order valence-electron chi connectivity index (χ4n) is 3.51. The minimum Gasteiger partial charge on any atom is -0.507 e. The van der Waals surface area contributed by atoms with E-state index in [1.807, 2.05) is 20.8 Å². The number of aliphatic hydroxyl groups excluding tert-OH is 1. The number of ketones is 1.